The van der Waals surface area contributed by atoms with Crippen molar-refractivity contribution in [2.24, 2.45) is 0 Å². The molecule has 3 aromatic carbocycles. The highest BCUT2D eigenvalue weighted by molar-refractivity contribution is 5.85. The van der Waals surface area contributed by atoms with E-state index in [2.05, 4.69) is 59.8 Å². The number of benzene rings is 3. The molecule has 4 heteroatoms. The average molecular weight is 429 g/mol. The minimum Gasteiger partial charge on any atom is -0.497 e. The Balaban J connectivity index is 1.45. The van der Waals surface area contributed by atoms with Gasteiger partial charge in [-0.1, -0.05) is 37.3 Å². The Labute approximate surface area is 191 Å². The van der Waals surface area contributed by atoms with E-state index in [1.807, 2.05) is 42.5 Å². The van der Waals surface area contributed by atoms with Gasteiger partial charge in [0.2, 0.25) is 0 Å². The number of likely N-dealkylation sites (N-methyl/N-ethyl adjacent to an activating group) is 1. The molecule has 0 N–H and O–H groups in total. The molecule has 0 amide bonds. The third-order valence-corrected chi connectivity index (χ3v) is 5.94. The summed E-state index contributed by atoms with van der Waals surface area (Å²) in [4.78, 5) is 2.48. The average Bonchev–Trinajstić information content (AvgIpc) is 3.19. The zero-order valence-corrected chi connectivity index (χ0v) is 19.3. The van der Waals surface area contributed by atoms with Crippen LogP contribution in [-0.4, -0.2) is 29.7 Å². The summed E-state index contributed by atoms with van der Waals surface area (Å²) in [6.07, 6.45) is 3.30. The number of fused-ring (bicyclic) bond motifs is 1. The Morgan fingerprint density at radius 1 is 0.844 bits per heavy atom. The molecule has 4 aromatic rings. The van der Waals surface area contributed by atoms with Crippen LogP contribution < -0.4 is 9.47 Å². The summed E-state index contributed by atoms with van der Waals surface area (Å²) < 4.78 is 13.8. The van der Waals surface area contributed by atoms with Crippen LogP contribution in [0.15, 0.2) is 79.0 Å². The molecule has 1 heterocycles. The molecule has 0 aliphatic rings. The largest absolute Gasteiger partial charge is 0.497 e. The van der Waals surface area contributed by atoms with E-state index in [1.54, 1.807) is 7.11 Å². The van der Waals surface area contributed by atoms with Crippen molar-refractivity contribution in [2.75, 3.05) is 20.2 Å². The predicted octanol–water partition coefficient (Wildman–Crippen LogP) is 6.53. The molecule has 32 heavy (non-hydrogen) atoms. The van der Waals surface area contributed by atoms with E-state index in [1.165, 1.54) is 22.0 Å². The normalized spacial score (nSPS) is 11.2. The van der Waals surface area contributed by atoms with Gasteiger partial charge in [-0.2, -0.15) is 0 Å². The lowest BCUT2D eigenvalue weighted by atomic mass is 10.1. The van der Waals surface area contributed by atoms with Crippen molar-refractivity contribution in [3.8, 4) is 17.2 Å². The Hall–Kier alpha value is -3.24. The van der Waals surface area contributed by atoms with Crippen LogP contribution in [0.3, 0.4) is 0 Å². The van der Waals surface area contributed by atoms with Crippen molar-refractivity contribution in [1.82, 2.24) is 9.47 Å². The van der Waals surface area contributed by atoms with Crippen LogP contribution >= 0.6 is 0 Å². The molecule has 0 atom stereocenters. The van der Waals surface area contributed by atoms with Gasteiger partial charge in [0.1, 0.15) is 17.2 Å². The Kier molecular flexibility index (Phi) is 7.13. The summed E-state index contributed by atoms with van der Waals surface area (Å²) in [5.74, 6) is 2.65. The topological polar surface area (TPSA) is 26.6 Å². The molecule has 0 radical (unpaired) electrons. The van der Waals surface area contributed by atoms with Gasteiger partial charge in [0.05, 0.1) is 7.11 Å². The fourth-order valence-electron chi connectivity index (χ4n) is 4.16. The van der Waals surface area contributed by atoms with E-state index in [4.69, 9.17) is 9.47 Å². The van der Waals surface area contributed by atoms with Crippen LogP contribution in [0.2, 0.25) is 0 Å². The van der Waals surface area contributed by atoms with Crippen LogP contribution in [-0.2, 0) is 19.5 Å². The second kappa shape index (κ2) is 10.4. The molecule has 166 valence electrons. The number of para-hydroxylation sites is 1. The minimum atomic E-state index is 0.861. The van der Waals surface area contributed by atoms with Gasteiger partial charge in [0, 0.05) is 36.7 Å². The summed E-state index contributed by atoms with van der Waals surface area (Å²) in [7, 11) is 1.73. The Morgan fingerprint density at radius 2 is 1.66 bits per heavy atom. The third-order valence-electron chi connectivity index (χ3n) is 5.94. The molecule has 0 saturated heterocycles. The number of hydrogen-bond acceptors (Lipinski definition) is 3. The lowest BCUT2D eigenvalue weighted by Gasteiger charge is -2.20. The van der Waals surface area contributed by atoms with Crippen molar-refractivity contribution in [2.45, 2.75) is 33.4 Å². The smallest absolute Gasteiger partial charge is 0.127 e. The summed E-state index contributed by atoms with van der Waals surface area (Å²) in [6.45, 7) is 8.28. The van der Waals surface area contributed by atoms with Crippen LogP contribution in [0.5, 0.6) is 17.2 Å². The molecule has 0 aliphatic heterocycles. The van der Waals surface area contributed by atoms with E-state index in [0.717, 1.165) is 49.8 Å². The summed E-state index contributed by atoms with van der Waals surface area (Å²) in [5.41, 5.74) is 3.91. The standard InChI is InChI=1S/C28H32N2O2/c1-4-29(20-22-10-9-13-26(18-22)32-24-11-7-6-8-12-24)17-16-23-21-30(5-2)28-15-14-25(31-3)19-27(23)28/h6-15,18-19,21H,4-5,16-17,20H2,1-3H3. The first-order chi connectivity index (χ1) is 15.7. The van der Waals surface area contributed by atoms with Crippen LogP contribution in [0.4, 0.5) is 0 Å². The fraction of sp³-hybridized carbons (Fsp3) is 0.286. The minimum absolute atomic E-state index is 0.861. The zero-order valence-electron chi connectivity index (χ0n) is 19.3. The second-order valence-electron chi connectivity index (χ2n) is 8.00. The van der Waals surface area contributed by atoms with Crippen LogP contribution in [0.1, 0.15) is 25.0 Å². The molecular weight excluding hydrogens is 396 g/mol. The first-order valence-electron chi connectivity index (χ1n) is 11.4. The van der Waals surface area contributed by atoms with Gasteiger partial charge in [0.15, 0.2) is 0 Å². The highest BCUT2D eigenvalue weighted by atomic mass is 16.5. The second-order valence-corrected chi connectivity index (χ2v) is 8.00. The number of aryl methyl sites for hydroxylation is 1. The predicted molar refractivity (Wildman–Crippen MR) is 132 cm³/mol. The van der Waals surface area contributed by atoms with Gasteiger partial charge in [-0.05, 0) is 73.5 Å². The van der Waals surface area contributed by atoms with E-state index in [-0.39, 0.29) is 0 Å². The number of aromatic nitrogens is 1. The van der Waals surface area contributed by atoms with Crippen molar-refractivity contribution >= 4 is 10.9 Å². The van der Waals surface area contributed by atoms with Gasteiger partial charge >= 0.3 is 0 Å². The lowest BCUT2D eigenvalue weighted by Crippen LogP contribution is -2.25. The van der Waals surface area contributed by atoms with Crippen molar-refractivity contribution in [1.29, 1.82) is 0 Å². The monoisotopic (exact) mass is 428 g/mol. The quantitative estimate of drug-likeness (QED) is 0.287. The van der Waals surface area contributed by atoms with Crippen molar-refractivity contribution in [3.05, 3.63) is 90.1 Å². The summed E-state index contributed by atoms with van der Waals surface area (Å²) in [6, 6.07) is 24.7. The molecular formula is C28H32N2O2. The van der Waals surface area contributed by atoms with E-state index >= 15 is 0 Å². The van der Waals surface area contributed by atoms with E-state index < -0.39 is 0 Å². The van der Waals surface area contributed by atoms with E-state index in [9.17, 15) is 0 Å². The molecule has 0 spiro atoms. The molecule has 0 fully saturated rings. The molecule has 0 saturated carbocycles. The number of nitrogens with zero attached hydrogens (tertiary/aromatic N) is 2. The first-order valence-corrected chi connectivity index (χ1v) is 11.4. The van der Waals surface area contributed by atoms with Crippen molar-refractivity contribution < 1.29 is 9.47 Å². The highest BCUT2D eigenvalue weighted by Gasteiger charge is 2.12. The SMILES string of the molecule is CCN(CCc1cn(CC)c2ccc(OC)cc12)Cc1cccc(Oc2ccccc2)c1. The van der Waals surface area contributed by atoms with Gasteiger partial charge in [-0.25, -0.2) is 0 Å². The Bertz CT molecular complexity index is 1150. The summed E-state index contributed by atoms with van der Waals surface area (Å²) >= 11 is 0. The molecule has 0 bridgehead atoms. The number of methoxy groups -OCH3 is 1. The fourth-order valence-corrected chi connectivity index (χ4v) is 4.16. The number of rotatable bonds is 10. The van der Waals surface area contributed by atoms with Gasteiger partial charge in [-0.15, -0.1) is 0 Å². The molecule has 0 unspecified atom stereocenters. The highest BCUT2D eigenvalue weighted by Crippen LogP contribution is 2.27. The lowest BCUT2D eigenvalue weighted by molar-refractivity contribution is 0.283. The Morgan fingerprint density at radius 3 is 2.41 bits per heavy atom. The summed E-state index contributed by atoms with van der Waals surface area (Å²) in [5, 5.41) is 1.29. The molecule has 1 aromatic heterocycles. The zero-order chi connectivity index (χ0) is 22.3. The number of hydrogen-bond donors (Lipinski definition) is 0. The third kappa shape index (κ3) is 5.14. The number of ether oxygens (including phenoxy) is 2. The maximum atomic E-state index is 6.02. The first kappa shape index (κ1) is 22.0. The van der Waals surface area contributed by atoms with Gasteiger partial charge in [0.25, 0.3) is 0 Å². The van der Waals surface area contributed by atoms with Crippen LogP contribution in [0, 0.1) is 0 Å². The molecule has 0 aliphatic carbocycles. The van der Waals surface area contributed by atoms with Crippen molar-refractivity contribution in [3.63, 3.8) is 0 Å². The van der Waals surface area contributed by atoms with Crippen LogP contribution in [0.25, 0.3) is 10.9 Å². The van der Waals surface area contributed by atoms with Gasteiger partial charge in [-0.3, -0.25) is 4.90 Å². The van der Waals surface area contributed by atoms with E-state index in [0.29, 0.717) is 0 Å². The molecule has 4 nitrogen and oxygen atoms in total. The maximum absolute atomic E-state index is 6.02. The maximum Gasteiger partial charge on any atom is 0.127 e. The van der Waals surface area contributed by atoms with Gasteiger partial charge < -0.3 is 14.0 Å². The molecule has 4 rings (SSSR count).